The number of methoxy groups -OCH3 is 2. The molecule has 6 heterocycles. The molecule has 0 bridgehead atoms. The van der Waals surface area contributed by atoms with Gasteiger partial charge in [0.2, 0.25) is 37.8 Å². The summed E-state index contributed by atoms with van der Waals surface area (Å²) in [7, 11) is -12.1. The number of rotatable bonds is 25. The van der Waals surface area contributed by atoms with Gasteiger partial charge >= 0.3 is 11.5 Å². The average molecular weight is 1790 g/mol. The van der Waals surface area contributed by atoms with E-state index >= 15 is 0 Å². The number of carbonyl (C=O) groups is 4. The minimum atomic E-state index is -4.00. The smallest absolute Gasteiger partial charge is 0.420 e. The summed E-state index contributed by atoms with van der Waals surface area (Å²) in [6, 6.07) is 47.8. The maximum atomic E-state index is 13.4. The molecular weight excluding hydrogens is 1680 g/mol. The van der Waals surface area contributed by atoms with Crippen molar-refractivity contribution in [2.45, 2.75) is 183 Å². The van der Waals surface area contributed by atoms with Gasteiger partial charge in [-0.3, -0.25) is 33.0 Å². The summed E-state index contributed by atoms with van der Waals surface area (Å²) < 4.78 is 134. The monoisotopic (exact) mass is 1790 g/mol. The molecule has 3 fully saturated rings. The standard InChI is InChI=1S/C25H27N3O3S.C23H27N3O5S.C22H25N3O5S.C22H26N2O5S.4H2/c1-4-8-24(29)22-13-18-11-12-19(14-21(18)16(22)3)32(30,31)28-25(26)15-23(27-28)20-10-7-6-9-17(20)5-2;1-2-17-7-9-18(10-8-17)24-22(27)16-26-20-12-11-19(15-21(20)31-23(26)28)32(29,30)25-13-5-3-4-6-14-25;1-15(2)16-5-7-17(8-6-16)23-21(26)14-25-19-10-9-18(13-20(19)30-22(25)27)31(28,29)24-11-3-4-12-24;1-28-20-11-8-17(14-21(20)29-2)23-30(26,27)18-9-10-19-16(13-18)7-4-12-24(19)22(25)15-5-3-6-15;;;;/h6-7,9-12,14-15H,4-5,8,13,26H2,1-3H3;7-12,15H,2-6,13-14,16H2,1H3,(H,24,27);5-10,13,15H,3-4,11-12,14H2,1-2H3,(H,23,26);8-11,13-15,23H,3-7,12H2,1-2H3;4*1H. The van der Waals surface area contributed by atoms with E-state index in [9.17, 15) is 62.4 Å². The van der Waals surface area contributed by atoms with Crippen LogP contribution >= 0.6 is 0 Å². The number of hydrogen-bond acceptors (Lipinski definition) is 20. The van der Waals surface area contributed by atoms with Crippen LogP contribution in [0.1, 0.15) is 164 Å². The highest BCUT2D eigenvalue weighted by Crippen LogP contribution is 2.40. The number of fused-ring (bicyclic) bond motifs is 4. The molecule has 3 aliphatic heterocycles. The second-order valence-corrected chi connectivity index (χ2v) is 39.1. The number of hydrogen-bond donors (Lipinski definition) is 4. The summed E-state index contributed by atoms with van der Waals surface area (Å²) in [6.07, 6.45) is 13.5. The Bertz CT molecular complexity index is 6540. The molecule has 668 valence electrons. The number of nitrogens with zero attached hydrogens (tertiary/aromatic N) is 7. The van der Waals surface area contributed by atoms with Gasteiger partial charge in [-0.25, -0.2) is 34.8 Å². The number of benzene rings is 8. The number of ether oxygens (including phenoxy) is 2. The van der Waals surface area contributed by atoms with Crippen LogP contribution in [-0.4, -0.2) is 131 Å². The predicted octanol–water partition coefficient (Wildman–Crippen LogP) is 15.7. The molecule has 1 saturated carbocycles. The Balaban J connectivity index is 0.000000192. The van der Waals surface area contributed by atoms with Gasteiger partial charge < -0.3 is 39.6 Å². The van der Waals surface area contributed by atoms with E-state index in [0.717, 1.165) is 150 Å². The lowest BCUT2D eigenvalue weighted by Crippen LogP contribution is -2.41. The van der Waals surface area contributed by atoms with Crippen molar-refractivity contribution in [1.82, 2.24) is 26.9 Å². The molecule has 8 aromatic carbocycles. The predicted molar refractivity (Wildman–Crippen MR) is 490 cm³/mol. The quantitative estimate of drug-likeness (QED) is 0.0413. The first-order valence-electron chi connectivity index (χ1n) is 42.1. The molecule has 0 spiro atoms. The molecule has 5 N–H and O–H groups in total. The number of amides is 3. The van der Waals surface area contributed by atoms with Crippen LogP contribution in [0.5, 0.6) is 11.5 Å². The summed E-state index contributed by atoms with van der Waals surface area (Å²) in [5.74, 6) is -0.363. The molecule has 16 rings (SSSR count). The van der Waals surface area contributed by atoms with Gasteiger partial charge in [0.1, 0.15) is 18.9 Å². The summed E-state index contributed by atoms with van der Waals surface area (Å²) in [5, 5.41) is 9.89. The Hall–Kier alpha value is -11.8. The zero-order valence-electron chi connectivity index (χ0n) is 71.3. The number of anilines is 5. The largest absolute Gasteiger partial charge is 0.493 e. The highest BCUT2D eigenvalue weighted by atomic mass is 32.2. The molecule has 2 saturated heterocycles. The maximum Gasteiger partial charge on any atom is 0.420 e. The third-order valence-electron chi connectivity index (χ3n) is 23.2. The van der Waals surface area contributed by atoms with E-state index in [2.05, 4.69) is 41.2 Å². The van der Waals surface area contributed by atoms with Crippen LogP contribution in [-0.2, 0) is 98.0 Å². The number of nitrogens with one attached hydrogen (secondary N) is 3. The molecule has 125 heavy (non-hydrogen) atoms. The van der Waals surface area contributed by atoms with Crippen molar-refractivity contribution in [3.8, 4) is 22.8 Å². The Kier molecular flexibility index (Phi) is 28.5. The Morgan fingerprint density at radius 1 is 0.552 bits per heavy atom. The van der Waals surface area contributed by atoms with Gasteiger partial charge in [0.25, 0.3) is 20.0 Å². The summed E-state index contributed by atoms with van der Waals surface area (Å²) >= 11 is 0. The molecule has 3 aromatic heterocycles. The second-order valence-electron chi connectivity index (χ2n) is 31.8. The van der Waals surface area contributed by atoms with Gasteiger partial charge in [0, 0.05) is 110 Å². The molecule has 11 aromatic rings. The lowest BCUT2D eigenvalue weighted by Gasteiger charge is -2.35. The van der Waals surface area contributed by atoms with Crippen LogP contribution in [0.2, 0.25) is 0 Å². The second kappa shape index (κ2) is 39.2. The minimum Gasteiger partial charge on any atom is -0.493 e. The lowest BCUT2D eigenvalue weighted by atomic mass is 9.83. The molecule has 0 atom stereocenters. The Labute approximate surface area is 733 Å². The molecule has 29 nitrogen and oxygen atoms in total. The number of carbonyl (C=O) groups excluding carboxylic acids is 4. The number of nitrogen functional groups attached to an aromatic ring is 1. The van der Waals surface area contributed by atoms with Crippen molar-refractivity contribution in [1.29, 1.82) is 0 Å². The van der Waals surface area contributed by atoms with E-state index in [0.29, 0.717) is 96.8 Å². The first-order chi connectivity index (χ1) is 59.8. The Morgan fingerprint density at radius 2 is 1.10 bits per heavy atom. The van der Waals surface area contributed by atoms with E-state index < -0.39 is 51.6 Å². The van der Waals surface area contributed by atoms with Gasteiger partial charge in [-0.05, 0) is 213 Å². The number of Topliss-reactive ketones (excluding diaryl/α,β-unsaturated/α-hetero) is 1. The van der Waals surface area contributed by atoms with Crippen LogP contribution in [0.15, 0.2) is 213 Å². The van der Waals surface area contributed by atoms with Crippen LogP contribution in [0, 0.1) is 5.92 Å². The van der Waals surface area contributed by atoms with Crippen molar-refractivity contribution in [3.63, 3.8) is 0 Å². The number of nitrogens with two attached hydrogens (primary N) is 1. The zero-order valence-corrected chi connectivity index (χ0v) is 74.5. The first kappa shape index (κ1) is 91.0. The maximum absolute atomic E-state index is 13.4. The van der Waals surface area contributed by atoms with Gasteiger partial charge in [0.05, 0.1) is 56.2 Å². The topological polar surface area (TPSA) is 383 Å². The number of aromatic nitrogens is 4. The van der Waals surface area contributed by atoms with Gasteiger partial charge in [-0.15, -0.1) is 4.09 Å². The molecule has 0 radical (unpaired) electrons. The fourth-order valence-electron chi connectivity index (χ4n) is 15.9. The zero-order chi connectivity index (χ0) is 89.2. The van der Waals surface area contributed by atoms with Crippen LogP contribution in [0.4, 0.5) is 28.6 Å². The average Bonchev–Trinajstić information content (AvgIpc) is 1.57. The molecule has 2 aliphatic carbocycles. The first-order valence-corrected chi connectivity index (χ1v) is 47.9. The lowest BCUT2D eigenvalue weighted by molar-refractivity contribution is -0.125. The number of allylic oxidation sites excluding steroid dienone is 2. The van der Waals surface area contributed by atoms with Gasteiger partial charge in [-0.2, -0.15) is 22.1 Å². The minimum absolute atomic E-state index is 0. The fourth-order valence-corrected chi connectivity index (χ4v) is 21.3. The number of sulfonamides is 3. The Morgan fingerprint density at radius 3 is 1.64 bits per heavy atom. The third-order valence-corrected chi connectivity index (χ3v) is 29.9. The number of oxazole rings is 2. The SMILES string of the molecule is CC(C)c1ccc(NC(=O)Cn2c(=O)oc3cc(S(=O)(=O)N4CCCC4)ccc32)cc1.CCCC(=O)C1=C(C)c2cc(S(=O)(=O)n3nc(-c4ccccc4CC)cc3N)ccc2C1.CCc1ccc(NC(=O)Cn2c(=O)oc3cc(S(=O)(=O)N4CCCCCC4)ccc32)cc1.COc1ccc(NS(=O)(=O)c2ccc3c(c2)CCCN3C(=O)C2CCC2)cc1OC.[HH].[HH].[HH].[HH]. The normalized spacial score (nSPS) is 15.1. The highest BCUT2D eigenvalue weighted by Gasteiger charge is 2.35. The van der Waals surface area contributed by atoms with Crippen LogP contribution in [0.3, 0.4) is 0 Å². The van der Waals surface area contributed by atoms with E-state index in [-0.39, 0.29) is 84.8 Å². The van der Waals surface area contributed by atoms with E-state index in [1.54, 1.807) is 60.7 Å². The molecule has 3 amide bonds. The van der Waals surface area contributed by atoms with E-state index in [4.69, 9.17) is 24.0 Å². The fraction of sp³-hybridized carbons (Fsp3) is 0.359. The highest BCUT2D eigenvalue weighted by molar-refractivity contribution is 7.92. The number of ketones is 1. The molecular formula is C92H113N11O18S4. The summed E-state index contributed by atoms with van der Waals surface area (Å²) in [4.78, 5) is 77.1. The summed E-state index contributed by atoms with van der Waals surface area (Å²) in [6.45, 7) is 14.3. The van der Waals surface area contributed by atoms with Crippen molar-refractivity contribution in [3.05, 3.63) is 230 Å². The van der Waals surface area contributed by atoms with E-state index in [1.165, 1.54) is 68.4 Å². The van der Waals surface area contributed by atoms with Crippen LogP contribution in [0.25, 0.3) is 39.0 Å². The van der Waals surface area contributed by atoms with Gasteiger partial charge in [0.15, 0.2) is 28.4 Å². The molecule has 5 aliphatic rings. The summed E-state index contributed by atoms with van der Waals surface area (Å²) in [5.41, 5.74) is 18.7. The third kappa shape index (κ3) is 20.5. The van der Waals surface area contributed by atoms with Gasteiger partial charge in [-0.1, -0.05) is 108 Å². The molecule has 33 heteroatoms. The van der Waals surface area contributed by atoms with E-state index in [1.807, 2.05) is 98.5 Å². The van der Waals surface area contributed by atoms with Crippen LogP contribution < -0.4 is 47.0 Å². The van der Waals surface area contributed by atoms with Crippen molar-refractivity contribution < 1.29 is 76.9 Å². The van der Waals surface area contributed by atoms with Crippen molar-refractivity contribution in [2.75, 3.05) is 72.9 Å². The van der Waals surface area contributed by atoms with Crippen molar-refractivity contribution >= 4 is 120 Å². The van der Waals surface area contributed by atoms with Crippen molar-refractivity contribution in [2.24, 2.45) is 5.92 Å². The number of aryl methyl sites for hydroxylation is 3. The molecule has 0 unspecified atom stereocenters.